The first kappa shape index (κ1) is 5.10. The summed E-state index contributed by atoms with van der Waals surface area (Å²) in [7, 11) is 4.55. The van der Waals surface area contributed by atoms with E-state index in [1.54, 1.807) is 0 Å². The van der Waals surface area contributed by atoms with E-state index >= 15 is 0 Å². The van der Waals surface area contributed by atoms with Gasteiger partial charge in [0.25, 0.3) is 0 Å². The van der Waals surface area contributed by atoms with Crippen LogP contribution in [0.4, 0.5) is 0 Å². The summed E-state index contributed by atoms with van der Waals surface area (Å²) in [6.07, 6.45) is 0. The van der Waals surface area contributed by atoms with Crippen molar-refractivity contribution < 1.29 is 4.48 Å². The number of likely N-dealkylation sites (N-methyl/N-ethyl adjacent to an activating group) is 1. The Kier molecular flexibility index (Phi) is 0.747. The number of hydrogen-bond donors (Lipinski definition) is 0. The zero-order valence-electron chi connectivity index (χ0n) is 5.60. The molecule has 0 aromatic rings. The summed E-state index contributed by atoms with van der Waals surface area (Å²) in [6.45, 7) is 4.59. The Morgan fingerprint density at radius 2 is 1.14 bits per heavy atom. The van der Waals surface area contributed by atoms with Crippen LogP contribution in [0.1, 0.15) is 13.8 Å². The third-order valence-corrected chi connectivity index (χ3v) is 2.71. The van der Waals surface area contributed by atoms with Gasteiger partial charge in [-0.25, -0.2) is 0 Å². The van der Waals surface area contributed by atoms with Gasteiger partial charge in [-0.05, 0) is 13.8 Å². The van der Waals surface area contributed by atoms with Gasteiger partial charge in [-0.15, -0.1) is 0 Å². The molecule has 0 aromatic carbocycles. The monoisotopic (exact) mass is 100 g/mol. The van der Waals surface area contributed by atoms with Gasteiger partial charge in [0.1, 0.15) is 12.1 Å². The molecule has 0 aliphatic carbocycles. The van der Waals surface area contributed by atoms with E-state index in [-0.39, 0.29) is 0 Å². The lowest BCUT2D eigenvalue weighted by atomic mass is 10.4. The Morgan fingerprint density at radius 1 is 1.00 bits per heavy atom. The molecule has 42 valence electrons. The van der Waals surface area contributed by atoms with Crippen LogP contribution in [0, 0.1) is 0 Å². The molecule has 0 N–H and O–H groups in total. The Hall–Kier alpha value is -0.0400. The second-order valence-corrected chi connectivity index (χ2v) is 3.11. The molecule has 1 heteroatoms. The summed E-state index contributed by atoms with van der Waals surface area (Å²) in [6, 6.07) is 1.81. The van der Waals surface area contributed by atoms with E-state index in [4.69, 9.17) is 0 Å². The average Bonchev–Trinajstić information content (AvgIpc) is 1.91. The molecular weight excluding hydrogens is 86.1 g/mol. The third-order valence-electron chi connectivity index (χ3n) is 2.71. The van der Waals surface area contributed by atoms with E-state index in [1.807, 2.05) is 0 Å². The van der Waals surface area contributed by atoms with E-state index < -0.39 is 0 Å². The summed E-state index contributed by atoms with van der Waals surface area (Å²) in [5.74, 6) is 0. The van der Waals surface area contributed by atoms with Crippen LogP contribution in [0.3, 0.4) is 0 Å². The first-order valence-electron chi connectivity index (χ1n) is 2.90. The molecule has 0 unspecified atom stereocenters. The van der Waals surface area contributed by atoms with E-state index in [0.29, 0.717) is 0 Å². The molecule has 1 aliphatic rings. The van der Waals surface area contributed by atoms with Crippen LogP contribution < -0.4 is 0 Å². The molecule has 1 heterocycles. The van der Waals surface area contributed by atoms with Gasteiger partial charge < -0.3 is 4.48 Å². The van der Waals surface area contributed by atoms with Gasteiger partial charge in [0.15, 0.2) is 0 Å². The fraction of sp³-hybridized carbons (Fsp3) is 1.00. The number of nitrogens with zero attached hydrogens (tertiary/aromatic N) is 1. The van der Waals surface area contributed by atoms with Crippen LogP contribution in [0.5, 0.6) is 0 Å². The smallest absolute Gasteiger partial charge is 0.138 e. The Balaban J connectivity index is 2.52. The van der Waals surface area contributed by atoms with Crippen molar-refractivity contribution in [3.8, 4) is 0 Å². The van der Waals surface area contributed by atoms with Crippen LogP contribution in [-0.2, 0) is 0 Å². The van der Waals surface area contributed by atoms with Crippen molar-refractivity contribution in [2.45, 2.75) is 25.9 Å². The maximum Gasteiger partial charge on any atom is 0.138 e. The number of hydrogen-bond acceptors (Lipinski definition) is 0. The minimum absolute atomic E-state index is 0.903. The minimum Gasteiger partial charge on any atom is -0.314 e. The molecule has 1 fully saturated rings. The predicted octanol–water partition coefficient (Wildman–Crippen LogP) is 0.853. The normalized spacial score (nSPS) is 46.3. The van der Waals surface area contributed by atoms with Crippen LogP contribution >= 0.6 is 0 Å². The zero-order chi connectivity index (χ0) is 5.65. The summed E-state index contributed by atoms with van der Waals surface area (Å²) >= 11 is 0. The van der Waals surface area contributed by atoms with Crippen molar-refractivity contribution in [3.05, 3.63) is 0 Å². The van der Waals surface area contributed by atoms with Gasteiger partial charge in [0, 0.05) is 0 Å². The molecule has 0 bridgehead atoms. The lowest BCUT2D eigenvalue weighted by Gasteiger charge is -2.02. The molecule has 1 nitrogen and oxygen atoms in total. The fourth-order valence-electron chi connectivity index (χ4n) is 1.05. The lowest BCUT2D eigenvalue weighted by molar-refractivity contribution is -0.780. The average molecular weight is 100 g/mol. The highest BCUT2D eigenvalue weighted by molar-refractivity contribution is 4.75. The molecule has 1 saturated heterocycles. The third kappa shape index (κ3) is 0.480. The van der Waals surface area contributed by atoms with Gasteiger partial charge in [-0.1, -0.05) is 0 Å². The van der Waals surface area contributed by atoms with Crippen LogP contribution in [0.2, 0.25) is 0 Å². The summed E-state index contributed by atoms with van der Waals surface area (Å²) in [4.78, 5) is 0. The summed E-state index contributed by atoms with van der Waals surface area (Å²) in [5.41, 5.74) is 0. The minimum atomic E-state index is 0.903. The maximum absolute atomic E-state index is 2.30. The molecule has 0 radical (unpaired) electrons. The molecule has 0 aromatic heterocycles. The highest BCUT2D eigenvalue weighted by Gasteiger charge is 2.53. The molecule has 0 amide bonds. The summed E-state index contributed by atoms with van der Waals surface area (Å²) < 4.78 is 1.22. The highest BCUT2D eigenvalue weighted by atomic mass is 15.5. The fourth-order valence-corrected chi connectivity index (χ4v) is 1.05. The van der Waals surface area contributed by atoms with Crippen molar-refractivity contribution in [2.24, 2.45) is 0 Å². The first-order valence-corrected chi connectivity index (χ1v) is 2.90. The van der Waals surface area contributed by atoms with Crippen molar-refractivity contribution in [1.29, 1.82) is 0 Å². The SMILES string of the molecule is C[C@@H]1[C@H](C)[N+]1(C)C. The molecular formula is C6H14N+. The van der Waals surface area contributed by atoms with E-state index in [2.05, 4.69) is 27.9 Å². The number of quaternary nitrogens is 1. The topological polar surface area (TPSA) is 0 Å². The Labute approximate surface area is 45.5 Å². The maximum atomic E-state index is 2.30. The van der Waals surface area contributed by atoms with Crippen LogP contribution in [0.25, 0.3) is 0 Å². The van der Waals surface area contributed by atoms with E-state index in [0.717, 1.165) is 12.1 Å². The first-order chi connectivity index (χ1) is 3.07. The predicted molar refractivity (Wildman–Crippen MR) is 31.0 cm³/mol. The number of rotatable bonds is 0. The van der Waals surface area contributed by atoms with Crippen molar-refractivity contribution in [3.63, 3.8) is 0 Å². The second-order valence-electron chi connectivity index (χ2n) is 3.11. The lowest BCUT2D eigenvalue weighted by Crippen LogP contribution is -2.16. The molecule has 0 saturated carbocycles. The van der Waals surface area contributed by atoms with Crippen molar-refractivity contribution in [2.75, 3.05) is 14.1 Å². The molecule has 2 atom stereocenters. The van der Waals surface area contributed by atoms with Gasteiger partial charge in [-0.2, -0.15) is 0 Å². The Bertz CT molecular complexity index is 76.2. The van der Waals surface area contributed by atoms with Gasteiger partial charge in [-0.3, -0.25) is 0 Å². The molecule has 1 aliphatic heterocycles. The van der Waals surface area contributed by atoms with Crippen LogP contribution in [-0.4, -0.2) is 30.7 Å². The molecule has 0 spiro atoms. The van der Waals surface area contributed by atoms with Gasteiger partial charge in [0.2, 0.25) is 0 Å². The Morgan fingerprint density at radius 3 is 1.14 bits per heavy atom. The van der Waals surface area contributed by atoms with E-state index in [1.165, 1.54) is 4.48 Å². The largest absolute Gasteiger partial charge is 0.314 e. The second kappa shape index (κ2) is 1.03. The molecule has 1 rings (SSSR count). The quantitative estimate of drug-likeness (QED) is 0.313. The van der Waals surface area contributed by atoms with Gasteiger partial charge >= 0.3 is 0 Å². The highest BCUT2D eigenvalue weighted by Crippen LogP contribution is 2.33. The van der Waals surface area contributed by atoms with Crippen LogP contribution in [0.15, 0.2) is 0 Å². The van der Waals surface area contributed by atoms with E-state index in [9.17, 15) is 0 Å². The molecule has 7 heavy (non-hydrogen) atoms. The summed E-state index contributed by atoms with van der Waals surface area (Å²) in [5, 5.41) is 0. The standard InChI is InChI=1S/C6H14N/c1-5-6(2)7(5,3)4/h5-6H,1-4H3/q+1/t5-,6+. The van der Waals surface area contributed by atoms with Crippen molar-refractivity contribution in [1.82, 2.24) is 0 Å². The van der Waals surface area contributed by atoms with Crippen molar-refractivity contribution >= 4 is 0 Å². The zero-order valence-corrected chi connectivity index (χ0v) is 5.60. The van der Waals surface area contributed by atoms with Gasteiger partial charge in [0.05, 0.1) is 14.1 Å².